The normalized spacial score (nSPS) is 15.1. The Hall–Kier alpha value is -2.62. The molecule has 0 bridgehead atoms. The Balaban J connectivity index is 1.60. The first kappa shape index (κ1) is 18.2. The van der Waals surface area contributed by atoms with E-state index in [9.17, 15) is 9.59 Å². The van der Waals surface area contributed by atoms with Gasteiger partial charge in [-0.25, -0.2) is 0 Å². The van der Waals surface area contributed by atoms with Gasteiger partial charge in [0.2, 0.25) is 5.91 Å². The Kier molecular flexibility index (Phi) is 6.05. The predicted molar refractivity (Wildman–Crippen MR) is 103 cm³/mol. The largest absolute Gasteiger partial charge is 0.351 e. The molecule has 2 aromatic carbocycles. The fourth-order valence-corrected chi connectivity index (χ4v) is 3.44. The van der Waals surface area contributed by atoms with Crippen molar-refractivity contribution >= 4 is 11.8 Å². The lowest BCUT2D eigenvalue weighted by molar-refractivity contribution is -0.128. The highest BCUT2D eigenvalue weighted by molar-refractivity contribution is 5.94. The number of nitrogens with one attached hydrogen (secondary N) is 1. The molecule has 1 heterocycles. The lowest BCUT2D eigenvalue weighted by Gasteiger charge is -2.17. The van der Waals surface area contributed by atoms with Gasteiger partial charge in [-0.15, -0.1) is 0 Å². The molecule has 1 N–H and O–H groups in total. The van der Waals surface area contributed by atoms with Crippen molar-refractivity contribution in [2.24, 2.45) is 0 Å². The van der Waals surface area contributed by atoms with Crippen LogP contribution in [-0.4, -0.2) is 29.8 Å². The summed E-state index contributed by atoms with van der Waals surface area (Å²) in [5, 5.41) is 3.06. The van der Waals surface area contributed by atoms with Gasteiger partial charge in [0.15, 0.2) is 0 Å². The van der Waals surface area contributed by atoms with Crippen LogP contribution in [0.3, 0.4) is 0 Å². The first-order valence-electron chi connectivity index (χ1n) is 9.37. The monoisotopic (exact) mass is 350 g/mol. The molecule has 0 spiro atoms. The molecule has 2 aromatic rings. The zero-order valence-corrected chi connectivity index (χ0v) is 15.3. The number of amides is 2. The number of hydrogen-bond acceptors (Lipinski definition) is 2. The van der Waals surface area contributed by atoms with Crippen LogP contribution >= 0.6 is 0 Å². The lowest BCUT2D eigenvalue weighted by Crippen LogP contribution is -2.28. The molecular weight excluding hydrogens is 324 g/mol. The number of carbonyl (C=O) groups excluding carboxylic acids is 2. The van der Waals surface area contributed by atoms with Crippen molar-refractivity contribution in [2.75, 3.05) is 13.1 Å². The summed E-state index contributed by atoms with van der Waals surface area (Å²) in [5.41, 5.74) is 2.90. The van der Waals surface area contributed by atoms with E-state index >= 15 is 0 Å². The molecule has 1 saturated heterocycles. The number of benzene rings is 2. The minimum atomic E-state index is -0.0611. The summed E-state index contributed by atoms with van der Waals surface area (Å²) in [5.74, 6) is 0.452. The zero-order chi connectivity index (χ0) is 18.4. The van der Waals surface area contributed by atoms with Crippen LogP contribution in [0.5, 0.6) is 0 Å². The second kappa shape index (κ2) is 8.65. The van der Waals surface area contributed by atoms with Gasteiger partial charge in [0.1, 0.15) is 0 Å². The summed E-state index contributed by atoms with van der Waals surface area (Å²) in [7, 11) is 0. The van der Waals surface area contributed by atoms with Crippen molar-refractivity contribution in [2.45, 2.75) is 38.6 Å². The maximum atomic E-state index is 12.6. The van der Waals surface area contributed by atoms with Crippen molar-refractivity contribution in [3.63, 3.8) is 0 Å². The van der Waals surface area contributed by atoms with Gasteiger partial charge in [-0.1, -0.05) is 49.4 Å². The Morgan fingerprint density at radius 3 is 2.65 bits per heavy atom. The van der Waals surface area contributed by atoms with Gasteiger partial charge < -0.3 is 10.2 Å². The average molecular weight is 350 g/mol. The van der Waals surface area contributed by atoms with Crippen molar-refractivity contribution in [1.82, 2.24) is 10.2 Å². The van der Waals surface area contributed by atoms with Crippen LogP contribution in [-0.2, 0) is 11.3 Å². The molecule has 0 saturated carbocycles. The average Bonchev–Trinajstić information content (AvgIpc) is 3.08. The summed E-state index contributed by atoms with van der Waals surface area (Å²) in [6, 6.07) is 17.9. The predicted octanol–water partition coefficient (Wildman–Crippen LogP) is 3.73. The number of nitrogens with zero attached hydrogens (tertiary/aromatic N) is 1. The van der Waals surface area contributed by atoms with E-state index < -0.39 is 0 Å². The molecule has 0 aliphatic carbocycles. The SMILES string of the molecule is CCC(CNC(=O)c1cccc(CN2CCCC2=O)c1)c1ccccc1. The summed E-state index contributed by atoms with van der Waals surface area (Å²) >= 11 is 0. The van der Waals surface area contributed by atoms with Gasteiger partial charge in [0.05, 0.1) is 0 Å². The minimum absolute atomic E-state index is 0.0611. The molecule has 0 aromatic heterocycles. The third-order valence-electron chi connectivity index (χ3n) is 5.01. The molecule has 26 heavy (non-hydrogen) atoms. The fraction of sp³-hybridized carbons (Fsp3) is 0.364. The van der Waals surface area contributed by atoms with Crippen molar-refractivity contribution < 1.29 is 9.59 Å². The van der Waals surface area contributed by atoms with Crippen LogP contribution < -0.4 is 5.32 Å². The van der Waals surface area contributed by atoms with E-state index in [0.29, 0.717) is 31.0 Å². The first-order valence-corrected chi connectivity index (χ1v) is 9.37. The topological polar surface area (TPSA) is 49.4 Å². The molecule has 1 aliphatic heterocycles. The van der Waals surface area contributed by atoms with E-state index in [2.05, 4.69) is 24.4 Å². The molecule has 1 fully saturated rings. The minimum Gasteiger partial charge on any atom is -0.351 e. The maximum absolute atomic E-state index is 12.6. The number of rotatable bonds is 7. The van der Waals surface area contributed by atoms with Crippen LogP contribution in [0.2, 0.25) is 0 Å². The van der Waals surface area contributed by atoms with Crippen LogP contribution in [0.25, 0.3) is 0 Å². The molecule has 4 heteroatoms. The molecule has 1 atom stereocenters. The molecule has 4 nitrogen and oxygen atoms in total. The molecule has 1 aliphatic rings. The highest BCUT2D eigenvalue weighted by Crippen LogP contribution is 2.19. The molecular formula is C22H26N2O2. The van der Waals surface area contributed by atoms with Crippen LogP contribution in [0.1, 0.15) is 53.6 Å². The van der Waals surface area contributed by atoms with E-state index in [1.165, 1.54) is 5.56 Å². The second-order valence-corrected chi connectivity index (χ2v) is 6.85. The second-order valence-electron chi connectivity index (χ2n) is 6.85. The van der Waals surface area contributed by atoms with Gasteiger partial charge >= 0.3 is 0 Å². The summed E-state index contributed by atoms with van der Waals surface area (Å²) in [4.78, 5) is 26.2. The summed E-state index contributed by atoms with van der Waals surface area (Å²) in [6.45, 7) is 4.15. The van der Waals surface area contributed by atoms with E-state index in [1.807, 2.05) is 47.4 Å². The highest BCUT2D eigenvalue weighted by atomic mass is 16.2. The lowest BCUT2D eigenvalue weighted by atomic mass is 9.96. The van der Waals surface area contributed by atoms with Gasteiger partial charge in [-0.2, -0.15) is 0 Å². The number of carbonyl (C=O) groups is 2. The van der Waals surface area contributed by atoms with Gasteiger partial charge in [-0.05, 0) is 36.1 Å². The van der Waals surface area contributed by atoms with Crippen molar-refractivity contribution in [3.8, 4) is 0 Å². The molecule has 0 radical (unpaired) electrons. The maximum Gasteiger partial charge on any atom is 0.251 e. The Labute approximate surface area is 155 Å². The number of likely N-dealkylation sites (tertiary alicyclic amines) is 1. The van der Waals surface area contributed by atoms with Crippen molar-refractivity contribution in [1.29, 1.82) is 0 Å². The standard InChI is InChI=1S/C22H26N2O2/c1-2-18(19-9-4-3-5-10-19)15-23-22(26)20-11-6-8-17(14-20)16-24-13-7-12-21(24)25/h3-6,8-11,14,18H,2,7,12-13,15-16H2,1H3,(H,23,26). The van der Waals surface area contributed by atoms with Gasteiger partial charge in [0.25, 0.3) is 5.91 Å². The Bertz CT molecular complexity index is 758. The third kappa shape index (κ3) is 4.51. The highest BCUT2D eigenvalue weighted by Gasteiger charge is 2.20. The van der Waals surface area contributed by atoms with Crippen molar-refractivity contribution in [3.05, 3.63) is 71.3 Å². The fourth-order valence-electron chi connectivity index (χ4n) is 3.44. The van der Waals surface area contributed by atoms with E-state index in [1.54, 1.807) is 0 Å². The van der Waals surface area contributed by atoms with Crippen LogP contribution in [0, 0.1) is 0 Å². The Morgan fingerprint density at radius 2 is 1.96 bits per heavy atom. The smallest absolute Gasteiger partial charge is 0.251 e. The summed E-state index contributed by atoms with van der Waals surface area (Å²) < 4.78 is 0. The quantitative estimate of drug-likeness (QED) is 0.827. The first-order chi connectivity index (χ1) is 12.7. The zero-order valence-electron chi connectivity index (χ0n) is 15.3. The summed E-state index contributed by atoms with van der Waals surface area (Å²) in [6.07, 6.45) is 2.54. The molecule has 2 amide bonds. The van der Waals surface area contributed by atoms with E-state index in [0.717, 1.165) is 24.9 Å². The molecule has 136 valence electrons. The van der Waals surface area contributed by atoms with Gasteiger partial charge in [0, 0.05) is 37.5 Å². The van der Waals surface area contributed by atoms with E-state index in [-0.39, 0.29) is 11.8 Å². The van der Waals surface area contributed by atoms with E-state index in [4.69, 9.17) is 0 Å². The molecule has 1 unspecified atom stereocenters. The van der Waals surface area contributed by atoms with Gasteiger partial charge in [-0.3, -0.25) is 9.59 Å². The van der Waals surface area contributed by atoms with Crippen LogP contribution in [0.4, 0.5) is 0 Å². The number of hydrogen-bond donors (Lipinski definition) is 1. The van der Waals surface area contributed by atoms with Crippen LogP contribution in [0.15, 0.2) is 54.6 Å². The third-order valence-corrected chi connectivity index (χ3v) is 5.01. The Morgan fingerprint density at radius 1 is 1.15 bits per heavy atom. The molecule has 3 rings (SSSR count).